The van der Waals surface area contributed by atoms with Crippen LogP contribution in [-0.2, 0) is 14.6 Å². The number of nitrogens with one attached hydrogen (secondary N) is 1. The minimum absolute atomic E-state index is 0.0249. The van der Waals surface area contributed by atoms with Gasteiger partial charge in [-0.25, -0.2) is 8.42 Å². The van der Waals surface area contributed by atoms with Crippen LogP contribution in [0.1, 0.15) is 52.0 Å². The molecular weight excluding hydrogens is 434 g/mol. The Labute approximate surface area is 187 Å². The van der Waals surface area contributed by atoms with Crippen molar-refractivity contribution in [3.63, 3.8) is 0 Å². The summed E-state index contributed by atoms with van der Waals surface area (Å²) in [7, 11) is -3.03. The summed E-state index contributed by atoms with van der Waals surface area (Å²) in [6.07, 6.45) is 8.61. The Morgan fingerprint density at radius 1 is 1.26 bits per heavy atom. The van der Waals surface area contributed by atoms with E-state index in [1.165, 1.54) is 18.2 Å². The molecular formula is C21H29N5O3S2. The number of amides is 1. The van der Waals surface area contributed by atoms with Crippen LogP contribution < -0.4 is 5.32 Å². The third kappa shape index (κ3) is 5.11. The lowest BCUT2D eigenvalue weighted by Gasteiger charge is -2.31. The van der Waals surface area contributed by atoms with Gasteiger partial charge in [-0.3, -0.25) is 14.3 Å². The fraction of sp³-hybridized carbons (Fsp3) is 0.619. The molecule has 0 aromatic carbocycles. The first-order chi connectivity index (χ1) is 14.8. The van der Waals surface area contributed by atoms with Gasteiger partial charge in [-0.2, -0.15) is 0 Å². The monoisotopic (exact) mass is 463 g/mol. The number of pyridine rings is 1. The topological polar surface area (TPSA) is 107 Å². The predicted molar refractivity (Wildman–Crippen MR) is 120 cm³/mol. The second-order valence-electron chi connectivity index (χ2n) is 8.62. The van der Waals surface area contributed by atoms with E-state index in [4.69, 9.17) is 0 Å². The van der Waals surface area contributed by atoms with Gasteiger partial charge in [0, 0.05) is 30.0 Å². The van der Waals surface area contributed by atoms with Crippen LogP contribution in [0.3, 0.4) is 0 Å². The van der Waals surface area contributed by atoms with Gasteiger partial charge < -0.3 is 5.32 Å². The van der Waals surface area contributed by atoms with Crippen LogP contribution in [0.4, 0.5) is 0 Å². The number of sulfone groups is 1. The van der Waals surface area contributed by atoms with Gasteiger partial charge in [0.15, 0.2) is 20.8 Å². The molecule has 168 valence electrons. The molecule has 10 heteroatoms. The number of hydrogen-bond donors (Lipinski definition) is 1. The Balaban J connectivity index is 1.56. The molecule has 0 bridgehead atoms. The maximum atomic E-state index is 12.7. The van der Waals surface area contributed by atoms with Gasteiger partial charge in [-0.15, -0.1) is 10.2 Å². The SMILES string of the molecule is C[C@H](Sc1nnc(-c2cccnc2)n1[C@@H]1CCCC[C@H]1C)C(=O)N[C@@H]1CCS(=O)(=O)C1. The van der Waals surface area contributed by atoms with Crippen molar-refractivity contribution in [1.29, 1.82) is 0 Å². The minimum Gasteiger partial charge on any atom is -0.351 e. The zero-order valence-electron chi connectivity index (χ0n) is 17.9. The van der Waals surface area contributed by atoms with Crippen LogP contribution >= 0.6 is 11.8 Å². The van der Waals surface area contributed by atoms with E-state index in [0.29, 0.717) is 12.3 Å². The highest BCUT2D eigenvalue weighted by Gasteiger charge is 2.32. The summed E-state index contributed by atoms with van der Waals surface area (Å²) in [5, 5.41) is 12.1. The summed E-state index contributed by atoms with van der Waals surface area (Å²) in [6.45, 7) is 4.10. The molecule has 2 aromatic rings. The van der Waals surface area contributed by atoms with Gasteiger partial charge >= 0.3 is 0 Å². The summed E-state index contributed by atoms with van der Waals surface area (Å²) in [4.78, 5) is 17.0. The van der Waals surface area contributed by atoms with Gasteiger partial charge in [0.25, 0.3) is 0 Å². The van der Waals surface area contributed by atoms with Gasteiger partial charge in [0.05, 0.1) is 16.8 Å². The molecule has 1 aliphatic carbocycles. The van der Waals surface area contributed by atoms with E-state index in [1.807, 2.05) is 19.1 Å². The molecule has 0 unspecified atom stereocenters. The zero-order valence-corrected chi connectivity index (χ0v) is 19.5. The van der Waals surface area contributed by atoms with Crippen LogP contribution in [0.25, 0.3) is 11.4 Å². The van der Waals surface area contributed by atoms with Crippen molar-refractivity contribution in [2.75, 3.05) is 11.5 Å². The highest BCUT2D eigenvalue weighted by molar-refractivity contribution is 8.00. The average Bonchev–Trinajstić information content (AvgIpc) is 3.31. The second-order valence-corrected chi connectivity index (χ2v) is 12.2. The number of carbonyl (C=O) groups excluding carboxylic acids is 1. The molecule has 1 saturated heterocycles. The lowest BCUT2D eigenvalue weighted by atomic mass is 9.85. The minimum atomic E-state index is -3.03. The van der Waals surface area contributed by atoms with Crippen molar-refractivity contribution < 1.29 is 13.2 Å². The van der Waals surface area contributed by atoms with Crippen molar-refractivity contribution in [1.82, 2.24) is 25.1 Å². The molecule has 4 atom stereocenters. The third-order valence-corrected chi connectivity index (χ3v) is 9.04. The fourth-order valence-corrected chi connectivity index (χ4v) is 7.06. The van der Waals surface area contributed by atoms with E-state index in [2.05, 4.69) is 32.0 Å². The number of nitrogens with zero attached hydrogens (tertiary/aromatic N) is 4. The number of carbonyl (C=O) groups is 1. The normalized spacial score (nSPS) is 26.5. The zero-order chi connectivity index (χ0) is 22.0. The first kappa shape index (κ1) is 22.3. The molecule has 0 radical (unpaired) electrons. The highest BCUT2D eigenvalue weighted by Crippen LogP contribution is 2.39. The van der Waals surface area contributed by atoms with Gasteiger partial charge in [-0.05, 0) is 44.2 Å². The van der Waals surface area contributed by atoms with Crippen molar-refractivity contribution in [2.24, 2.45) is 5.92 Å². The number of thioether (sulfide) groups is 1. The molecule has 1 N–H and O–H groups in total. The Morgan fingerprint density at radius 3 is 2.74 bits per heavy atom. The Bertz CT molecular complexity index is 1020. The molecule has 2 aliphatic rings. The van der Waals surface area contributed by atoms with Gasteiger partial charge in [0.2, 0.25) is 5.91 Å². The van der Waals surface area contributed by atoms with Gasteiger partial charge in [0.1, 0.15) is 0 Å². The predicted octanol–water partition coefficient (Wildman–Crippen LogP) is 2.88. The van der Waals surface area contributed by atoms with E-state index in [9.17, 15) is 13.2 Å². The molecule has 0 spiro atoms. The molecule has 3 heterocycles. The van der Waals surface area contributed by atoms with Crippen LogP contribution in [0.15, 0.2) is 29.7 Å². The molecule has 1 saturated carbocycles. The maximum Gasteiger partial charge on any atom is 0.233 e. The average molecular weight is 464 g/mol. The van der Waals surface area contributed by atoms with Gasteiger partial charge in [-0.1, -0.05) is 31.5 Å². The first-order valence-corrected chi connectivity index (χ1v) is 13.6. The quantitative estimate of drug-likeness (QED) is 0.657. The van der Waals surface area contributed by atoms with E-state index in [1.54, 1.807) is 12.4 Å². The molecule has 1 amide bonds. The lowest BCUT2D eigenvalue weighted by molar-refractivity contribution is -0.120. The van der Waals surface area contributed by atoms with E-state index >= 15 is 0 Å². The summed E-state index contributed by atoms with van der Waals surface area (Å²) in [5.74, 6) is 1.27. The Kier molecular flexibility index (Phi) is 6.66. The number of aromatic nitrogens is 4. The lowest BCUT2D eigenvalue weighted by Crippen LogP contribution is -2.40. The molecule has 4 rings (SSSR count). The molecule has 2 aromatic heterocycles. The standard InChI is InChI=1S/C21H29N5O3S2/c1-14-6-3-4-8-18(14)26-19(16-7-5-10-22-12-16)24-25-21(26)30-15(2)20(27)23-17-9-11-31(28,29)13-17/h5,7,10,12,14-15,17-18H,3-4,6,8-9,11,13H2,1-2H3,(H,23,27)/t14-,15+,17-,18-/m1/s1. The molecule has 8 nitrogen and oxygen atoms in total. The van der Waals surface area contributed by atoms with Crippen molar-refractivity contribution in [3.05, 3.63) is 24.5 Å². The Morgan fingerprint density at radius 2 is 2.06 bits per heavy atom. The third-order valence-electron chi connectivity index (χ3n) is 6.21. The highest BCUT2D eigenvalue weighted by atomic mass is 32.2. The smallest absolute Gasteiger partial charge is 0.233 e. The summed E-state index contributed by atoms with van der Waals surface area (Å²) in [5.41, 5.74) is 0.910. The molecule has 1 aliphatic heterocycles. The second kappa shape index (κ2) is 9.28. The van der Waals surface area contributed by atoms with Crippen molar-refractivity contribution >= 4 is 27.5 Å². The Hall–Kier alpha value is -1.94. The van der Waals surface area contributed by atoms with Crippen LogP contribution in [0, 0.1) is 5.92 Å². The summed E-state index contributed by atoms with van der Waals surface area (Å²) >= 11 is 1.38. The number of rotatable bonds is 6. The molecule has 31 heavy (non-hydrogen) atoms. The maximum absolute atomic E-state index is 12.7. The van der Waals surface area contributed by atoms with Crippen molar-refractivity contribution in [3.8, 4) is 11.4 Å². The first-order valence-electron chi connectivity index (χ1n) is 10.9. The number of hydrogen-bond acceptors (Lipinski definition) is 7. The van der Waals surface area contributed by atoms with Crippen molar-refractivity contribution in [2.45, 2.75) is 68.4 Å². The van der Waals surface area contributed by atoms with E-state index in [0.717, 1.165) is 35.8 Å². The summed E-state index contributed by atoms with van der Waals surface area (Å²) in [6, 6.07) is 3.84. The van der Waals surface area contributed by atoms with E-state index < -0.39 is 15.1 Å². The van der Waals surface area contributed by atoms with Crippen LogP contribution in [0.2, 0.25) is 0 Å². The van der Waals surface area contributed by atoms with E-state index in [-0.39, 0.29) is 29.5 Å². The van der Waals surface area contributed by atoms with Crippen LogP contribution in [0.5, 0.6) is 0 Å². The largest absolute Gasteiger partial charge is 0.351 e. The summed E-state index contributed by atoms with van der Waals surface area (Å²) < 4.78 is 25.6. The molecule has 2 fully saturated rings. The van der Waals surface area contributed by atoms with Crippen LogP contribution in [-0.4, -0.2) is 56.9 Å². The fourth-order valence-electron chi connectivity index (χ4n) is 4.47.